The first-order valence-electron chi connectivity index (χ1n) is 5.20. The van der Waals surface area contributed by atoms with Gasteiger partial charge in [0.15, 0.2) is 0 Å². The van der Waals surface area contributed by atoms with Gasteiger partial charge < -0.3 is 10.0 Å². The molecule has 0 spiro atoms. The molecule has 0 heterocycles. The zero-order chi connectivity index (χ0) is 11.3. The number of phenols is 1. The lowest BCUT2D eigenvalue weighted by Gasteiger charge is -2.17. The number of benzene rings is 1. The molecule has 0 bridgehead atoms. The maximum absolute atomic E-state index is 11.7. The third-order valence-electron chi connectivity index (χ3n) is 2.36. The lowest BCUT2D eigenvalue weighted by Crippen LogP contribution is -2.25. The molecule has 15 heavy (non-hydrogen) atoms. The second-order valence-corrected chi connectivity index (χ2v) is 3.57. The van der Waals surface area contributed by atoms with Crippen LogP contribution in [-0.4, -0.2) is 18.1 Å². The topological polar surface area (TPSA) is 40.5 Å². The van der Waals surface area contributed by atoms with E-state index in [0.29, 0.717) is 6.42 Å². The molecule has 0 aliphatic rings. The third-order valence-corrected chi connectivity index (χ3v) is 2.36. The van der Waals surface area contributed by atoms with Crippen molar-refractivity contribution in [2.24, 2.45) is 0 Å². The van der Waals surface area contributed by atoms with E-state index in [0.717, 1.165) is 18.5 Å². The molecule has 0 radical (unpaired) electrons. The summed E-state index contributed by atoms with van der Waals surface area (Å²) in [5.41, 5.74) is 0.814. The normalized spacial score (nSPS) is 10.0. The molecule has 0 unspecified atom stereocenters. The summed E-state index contributed by atoms with van der Waals surface area (Å²) in [4.78, 5) is 13.3. The molecule has 1 rings (SSSR count). The van der Waals surface area contributed by atoms with Crippen LogP contribution in [0.25, 0.3) is 0 Å². The molecule has 0 saturated heterocycles. The summed E-state index contributed by atoms with van der Waals surface area (Å²) in [6.45, 7) is 2.06. The Bertz CT molecular complexity index is 319. The summed E-state index contributed by atoms with van der Waals surface area (Å²) in [7, 11) is 1.75. The van der Waals surface area contributed by atoms with E-state index in [4.69, 9.17) is 5.11 Å². The molecule has 1 N–H and O–H groups in total. The average Bonchev–Trinajstić information content (AvgIpc) is 2.26. The van der Waals surface area contributed by atoms with Gasteiger partial charge in [-0.05, 0) is 30.7 Å². The highest BCUT2D eigenvalue weighted by Gasteiger charge is 2.09. The molecule has 82 valence electrons. The van der Waals surface area contributed by atoms with Crippen LogP contribution < -0.4 is 4.90 Å². The van der Waals surface area contributed by atoms with Gasteiger partial charge in [0.1, 0.15) is 5.75 Å². The minimum absolute atomic E-state index is 0.113. The van der Waals surface area contributed by atoms with Crippen LogP contribution in [0.5, 0.6) is 5.75 Å². The minimum Gasteiger partial charge on any atom is -0.508 e. The van der Waals surface area contributed by atoms with E-state index < -0.39 is 0 Å². The van der Waals surface area contributed by atoms with Crippen LogP contribution in [0.15, 0.2) is 24.3 Å². The predicted octanol–water partition coefficient (Wildman–Crippen LogP) is 2.55. The van der Waals surface area contributed by atoms with Crippen LogP contribution in [0.3, 0.4) is 0 Å². The van der Waals surface area contributed by atoms with E-state index in [1.807, 2.05) is 0 Å². The summed E-state index contributed by atoms with van der Waals surface area (Å²) in [5.74, 6) is 0.329. The Balaban J connectivity index is 2.63. The van der Waals surface area contributed by atoms with Gasteiger partial charge in [0.2, 0.25) is 5.91 Å². The number of amides is 1. The SMILES string of the molecule is CCCCC(=O)N(C)c1ccc(O)cc1. The van der Waals surface area contributed by atoms with Crippen LogP contribution in [0, 0.1) is 0 Å². The fourth-order valence-corrected chi connectivity index (χ4v) is 1.32. The average molecular weight is 207 g/mol. The van der Waals surface area contributed by atoms with Crippen molar-refractivity contribution in [1.82, 2.24) is 0 Å². The number of hydrogen-bond donors (Lipinski definition) is 1. The lowest BCUT2D eigenvalue weighted by atomic mass is 10.2. The quantitative estimate of drug-likeness (QED) is 0.824. The highest BCUT2D eigenvalue weighted by molar-refractivity contribution is 5.92. The predicted molar refractivity (Wildman–Crippen MR) is 61.0 cm³/mol. The van der Waals surface area contributed by atoms with Crippen LogP contribution in [0.4, 0.5) is 5.69 Å². The molecule has 1 aromatic carbocycles. The first-order chi connectivity index (χ1) is 7.15. The van der Waals surface area contributed by atoms with E-state index in [1.165, 1.54) is 0 Å². The lowest BCUT2D eigenvalue weighted by molar-refractivity contribution is -0.118. The van der Waals surface area contributed by atoms with Gasteiger partial charge in [-0.1, -0.05) is 13.3 Å². The molecular formula is C12H17NO2. The zero-order valence-electron chi connectivity index (χ0n) is 9.23. The van der Waals surface area contributed by atoms with E-state index in [9.17, 15) is 4.79 Å². The van der Waals surface area contributed by atoms with E-state index >= 15 is 0 Å². The summed E-state index contributed by atoms with van der Waals surface area (Å²) in [5, 5.41) is 9.12. The Morgan fingerprint density at radius 1 is 1.33 bits per heavy atom. The van der Waals surface area contributed by atoms with Crippen molar-refractivity contribution in [3.05, 3.63) is 24.3 Å². The van der Waals surface area contributed by atoms with E-state index in [1.54, 1.807) is 36.2 Å². The summed E-state index contributed by atoms with van der Waals surface area (Å²) in [6, 6.07) is 6.64. The van der Waals surface area contributed by atoms with Crippen molar-refractivity contribution in [2.75, 3.05) is 11.9 Å². The monoisotopic (exact) mass is 207 g/mol. The van der Waals surface area contributed by atoms with Gasteiger partial charge in [0, 0.05) is 19.2 Å². The van der Waals surface area contributed by atoms with Gasteiger partial charge in [-0.2, -0.15) is 0 Å². The molecule has 3 heteroatoms. The number of nitrogens with zero attached hydrogens (tertiary/aromatic N) is 1. The number of anilines is 1. The summed E-state index contributed by atoms with van der Waals surface area (Å²) < 4.78 is 0. The number of carbonyl (C=O) groups excluding carboxylic acids is 1. The number of phenolic OH excluding ortho intramolecular Hbond substituents is 1. The van der Waals surface area contributed by atoms with Crippen molar-refractivity contribution in [1.29, 1.82) is 0 Å². The number of rotatable bonds is 4. The molecule has 0 aliphatic carbocycles. The molecule has 0 aliphatic heterocycles. The van der Waals surface area contributed by atoms with Gasteiger partial charge in [-0.3, -0.25) is 4.79 Å². The Kier molecular flexibility index (Phi) is 4.16. The number of aromatic hydroxyl groups is 1. The van der Waals surface area contributed by atoms with Gasteiger partial charge >= 0.3 is 0 Å². The van der Waals surface area contributed by atoms with Gasteiger partial charge in [-0.25, -0.2) is 0 Å². The standard InChI is InChI=1S/C12H17NO2/c1-3-4-5-12(15)13(2)10-6-8-11(14)9-7-10/h6-9,14H,3-5H2,1-2H3. The second kappa shape index (κ2) is 5.39. The van der Waals surface area contributed by atoms with Gasteiger partial charge in [0.05, 0.1) is 0 Å². The number of hydrogen-bond acceptors (Lipinski definition) is 2. The Morgan fingerprint density at radius 2 is 1.93 bits per heavy atom. The number of carbonyl (C=O) groups is 1. The molecule has 0 saturated carbocycles. The molecule has 1 amide bonds. The van der Waals surface area contributed by atoms with Crippen LogP contribution in [0.2, 0.25) is 0 Å². The molecule has 0 atom stereocenters. The van der Waals surface area contributed by atoms with Crippen LogP contribution >= 0.6 is 0 Å². The van der Waals surface area contributed by atoms with E-state index in [2.05, 4.69) is 6.92 Å². The molecule has 1 aromatic rings. The maximum Gasteiger partial charge on any atom is 0.226 e. The maximum atomic E-state index is 11.7. The molecule has 3 nitrogen and oxygen atoms in total. The molecule has 0 aromatic heterocycles. The Morgan fingerprint density at radius 3 is 2.47 bits per heavy atom. The van der Waals surface area contributed by atoms with Crippen molar-refractivity contribution >= 4 is 11.6 Å². The Labute approximate surface area is 90.3 Å². The summed E-state index contributed by atoms with van der Waals surface area (Å²) >= 11 is 0. The smallest absolute Gasteiger partial charge is 0.226 e. The van der Waals surface area contributed by atoms with Crippen molar-refractivity contribution in [3.8, 4) is 5.75 Å². The highest BCUT2D eigenvalue weighted by atomic mass is 16.3. The molecular weight excluding hydrogens is 190 g/mol. The summed E-state index contributed by atoms with van der Waals surface area (Å²) in [6.07, 6.45) is 2.52. The number of unbranched alkanes of at least 4 members (excludes halogenated alkanes) is 1. The van der Waals surface area contributed by atoms with Gasteiger partial charge in [-0.15, -0.1) is 0 Å². The molecule has 0 fully saturated rings. The largest absolute Gasteiger partial charge is 0.508 e. The third kappa shape index (κ3) is 3.27. The van der Waals surface area contributed by atoms with Crippen molar-refractivity contribution in [2.45, 2.75) is 26.2 Å². The fraction of sp³-hybridized carbons (Fsp3) is 0.417. The zero-order valence-corrected chi connectivity index (χ0v) is 9.23. The minimum atomic E-state index is 0.113. The van der Waals surface area contributed by atoms with Crippen molar-refractivity contribution in [3.63, 3.8) is 0 Å². The van der Waals surface area contributed by atoms with Gasteiger partial charge in [0.25, 0.3) is 0 Å². The fourth-order valence-electron chi connectivity index (χ4n) is 1.32. The highest BCUT2D eigenvalue weighted by Crippen LogP contribution is 2.18. The first-order valence-corrected chi connectivity index (χ1v) is 5.20. The second-order valence-electron chi connectivity index (χ2n) is 3.57. The first kappa shape index (κ1) is 11.6. The van der Waals surface area contributed by atoms with Crippen molar-refractivity contribution < 1.29 is 9.90 Å². The Hall–Kier alpha value is -1.51. The van der Waals surface area contributed by atoms with Crippen LogP contribution in [-0.2, 0) is 4.79 Å². The van der Waals surface area contributed by atoms with E-state index in [-0.39, 0.29) is 11.7 Å². The van der Waals surface area contributed by atoms with Crippen LogP contribution in [0.1, 0.15) is 26.2 Å².